The van der Waals surface area contributed by atoms with E-state index in [2.05, 4.69) is 10.4 Å². The standard InChI is InChI=1S/C7H7NOS/c1-9-7-4-6-5(8-7)2-3-10-6/h2-4,8H,1H3. The fourth-order valence-electron chi connectivity index (χ4n) is 0.934. The molecule has 0 aliphatic carbocycles. The molecule has 0 radical (unpaired) electrons. The molecule has 52 valence electrons. The van der Waals surface area contributed by atoms with Crippen LogP contribution in [0.15, 0.2) is 17.5 Å². The normalized spacial score (nSPS) is 10.5. The third kappa shape index (κ3) is 0.708. The van der Waals surface area contributed by atoms with Gasteiger partial charge < -0.3 is 9.72 Å². The first-order chi connectivity index (χ1) is 4.90. The fraction of sp³-hybridized carbons (Fsp3) is 0.143. The zero-order chi connectivity index (χ0) is 6.97. The maximum absolute atomic E-state index is 5.01. The minimum absolute atomic E-state index is 0.835. The Morgan fingerprint density at radius 3 is 3.20 bits per heavy atom. The lowest BCUT2D eigenvalue weighted by molar-refractivity contribution is 0.401. The summed E-state index contributed by atoms with van der Waals surface area (Å²) in [6, 6.07) is 4.04. The van der Waals surface area contributed by atoms with Gasteiger partial charge in [0, 0.05) is 6.07 Å². The van der Waals surface area contributed by atoms with Gasteiger partial charge in [0.1, 0.15) is 0 Å². The lowest BCUT2D eigenvalue weighted by Gasteiger charge is -1.88. The molecule has 0 fully saturated rings. The fourth-order valence-corrected chi connectivity index (χ4v) is 1.71. The van der Waals surface area contributed by atoms with Crippen molar-refractivity contribution in [2.45, 2.75) is 0 Å². The highest BCUT2D eigenvalue weighted by atomic mass is 32.1. The number of aromatic nitrogens is 1. The van der Waals surface area contributed by atoms with Crippen molar-refractivity contribution in [1.29, 1.82) is 0 Å². The lowest BCUT2D eigenvalue weighted by atomic mass is 10.5. The number of ether oxygens (including phenoxy) is 1. The van der Waals surface area contributed by atoms with Gasteiger partial charge in [0.15, 0.2) is 5.88 Å². The molecule has 2 rings (SSSR count). The Morgan fingerprint density at radius 1 is 1.60 bits per heavy atom. The molecule has 3 heteroatoms. The van der Waals surface area contributed by atoms with Gasteiger partial charge in [0.2, 0.25) is 0 Å². The van der Waals surface area contributed by atoms with Gasteiger partial charge in [-0.15, -0.1) is 11.3 Å². The molecule has 2 aromatic heterocycles. The van der Waals surface area contributed by atoms with Crippen LogP contribution in [0.3, 0.4) is 0 Å². The summed E-state index contributed by atoms with van der Waals surface area (Å²) in [7, 11) is 1.66. The van der Waals surface area contributed by atoms with E-state index in [9.17, 15) is 0 Å². The van der Waals surface area contributed by atoms with Crippen LogP contribution in [0.4, 0.5) is 0 Å². The number of thiophene rings is 1. The van der Waals surface area contributed by atoms with Crippen molar-refractivity contribution in [3.63, 3.8) is 0 Å². The van der Waals surface area contributed by atoms with E-state index in [4.69, 9.17) is 4.74 Å². The Hall–Kier alpha value is -0.960. The molecular weight excluding hydrogens is 146 g/mol. The van der Waals surface area contributed by atoms with Crippen LogP contribution < -0.4 is 4.74 Å². The minimum atomic E-state index is 0.835. The van der Waals surface area contributed by atoms with Crippen LogP contribution in [0.1, 0.15) is 0 Å². The lowest BCUT2D eigenvalue weighted by Crippen LogP contribution is -1.79. The van der Waals surface area contributed by atoms with Crippen molar-refractivity contribution in [3.05, 3.63) is 17.5 Å². The van der Waals surface area contributed by atoms with Gasteiger partial charge in [-0.25, -0.2) is 0 Å². The van der Waals surface area contributed by atoms with Gasteiger partial charge in [-0.1, -0.05) is 0 Å². The molecule has 0 saturated heterocycles. The summed E-state index contributed by atoms with van der Waals surface area (Å²) < 4.78 is 6.26. The van der Waals surface area contributed by atoms with Crippen LogP contribution in [0.5, 0.6) is 5.88 Å². The second-order valence-electron chi connectivity index (χ2n) is 2.04. The second kappa shape index (κ2) is 2.02. The zero-order valence-electron chi connectivity index (χ0n) is 5.55. The van der Waals surface area contributed by atoms with Gasteiger partial charge in [0.05, 0.1) is 17.3 Å². The molecule has 2 heterocycles. The van der Waals surface area contributed by atoms with E-state index in [1.54, 1.807) is 18.4 Å². The van der Waals surface area contributed by atoms with Gasteiger partial charge in [-0.2, -0.15) is 0 Å². The number of rotatable bonds is 1. The molecule has 0 aliphatic heterocycles. The van der Waals surface area contributed by atoms with E-state index < -0.39 is 0 Å². The number of methoxy groups -OCH3 is 1. The van der Waals surface area contributed by atoms with E-state index in [0.717, 1.165) is 11.4 Å². The molecule has 0 saturated carbocycles. The Morgan fingerprint density at radius 2 is 2.50 bits per heavy atom. The molecule has 0 aliphatic rings. The van der Waals surface area contributed by atoms with Gasteiger partial charge in [0.25, 0.3) is 0 Å². The first-order valence-electron chi connectivity index (χ1n) is 3.00. The highest BCUT2D eigenvalue weighted by Crippen LogP contribution is 2.24. The average Bonchev–Trinajstić information content (AvgIpc) is 2.42. The molecule has 0 spiro atoms. The summed E-state index contributed by atoms with van der Waals surface area (Å²) in [6.07, 6.45) is 0. The first kappa shape index (κ1) is 5.80. The molecule has 0 atom stereocenters. The van der Waals surface area contributed by atoms with Crippen LogP contribution in [0, 0.1) is 0 Å². The van der Waals surface area contributed by atoms with Crippen LogP contribution in [-0.4, -0.2) is 12.1 Å². The molecule has 1 N–H and O–H groups in total. The molecule has 0 amide bonds. The predicted octanol–water partition coefficient (Wildman–Crippen LogP) is 2.24. The Balaban J connectivity index is 2.67. The molecule has 0 bridgehead atoms. The largest absolute Gasteiger partial charge is 0.482 e. The Labute approximate surface area is 62.4 Å². The Bertz CT molecular complexity index is 307. The molecular formula is C7H7NOS. The van der Waals surface area contributed by atoms with Crippen molar-refractivity contribution >= 4 is 21.6 Å². The Kier molecular flexibility index (Phi) is 1.17. The minimum Gasteiger partial charge on any atom is -0.482 e. The maximum Gasteiger partial charge on any atom is 0.192 e. The highest BCUT2D eigenvalue weighted by molar-refractivity contribution is 7.17. The van der Waals surface area contributed by atoms with Crippen molar-refractivity contribution in [2.24, 2.45) is 0 Å². The predicted molar refractivity (Wildman–Crippen MR) is 42.7 cm³/mol. The van der Waals surface area contributed by atoms with Crippen LogP contribution >= 0.6 is 11.3 Å². The van der Waals surface area contributed by atoms with E-state index in [-0.39, 0.29) is 0 Å². The van der Waals surface area contributed by atoms with Gasteiger partial charge >= 0.3 is 0 Å². The van der Waals surface area contributed by atoms with Gasteiger partial charge in [-0.05, 0) is 11.4 Å². The maximum atomic E-state index is 5.01. The van der Waals surface area contributed by atoms with Crippen molar-refractivity contribution in [2.75, 3.05) is 7.11 Å². The van der Waals surface area contributed by atoms with E-state index >= 15 is 0 Å². The smallest absolute Gasteiger partial charge is 0.192 e. The summed E-state index contributed by atoms with van der Waals surface area (Å²) in [5.74, 6) is 0.835. The second-order valence-corrected chi connectivity index (χ2v) is 2.98. The van der Waals surface area contributed by atoms with Crippen molar-refractivity contribution in [1.82, 2.24) is 4.98 Å². The SMILES string of the molecule is COc1cc2sccc2[nH]1. The molecule has 10 heavy (non-hydrogen) atoms. The summed E-state index contributed by atoms with van der Waals surface area (Å²) in [5.41, 5.74) is 1.15. The first-order valence-corrected chi connectivity index (χ1v) is 3.88. The molecule has 2 nitrogen and oxygen atoms in total. The highest BCUT2D eigenvalue weighted by Gasteiger charge is 1.98. The van der Waals surface area contributed by atoms with Crippen LogP contribution in [0.2, 0.25) is 0 Å². The summed E-state index contributed by atoms with van der Waals surface area (Å²) in [4.78, 5) is 3.11. The average molecular weight is 153 g/mol. The van der Waals surface area contributed by atoms with E-state index in [0.29, 0.717) is 0 Å². The number of H-pyrrole nitrogens is 1. The summed E-state index contributed by atoms with van der Waals surface area (Å²) in [5, 5.41) is 2.06. The third-order valence-electron chi connectivity index (χ3n) is 1.44. The van der Waals surface area contributed by atoms with E-state index in [1.165, 1.54) is 4.70 Å². The van der Waals surface area contributed by atoms with Crippen LogP contribution in [0.25, 0.3) is 10.2 Å². The number of hydrogen-bond donors (Lipinski definition) is 1. The monoisotopic (exact) mass is 153 g/mol. The number of hydrogen-bond acceptors (Lipinski definition) is 2. The number of fused-ring (bicyclic) bond motifs is 1. The summed E-state index contributed by atoms with van der Waals surface area (Å²) >= 11 is 1.71. The molecule has 2 aromatic rings. The topological polar surface area (TPSA) is 25.0 Å². The molecule has 0 aromatic carbocycles. The van der Waals surface area contributed by atoms with Gasteiger partial charge in [-0.3, -0.25) is 0 Å². The quantitative estimate of drug-likeness (QED) is 0.667. The third-order valence-corrected chi connectivity index (χ3v) is 2.30. The number of aromatic amines is 1. The molecule has 0 unspecified atom stereocenters. The van der Waals surface area contributed by atoms with Crippen molar-refractivity contribution in [3.8, 4) is 5.88 Å². The van der Waals surface area contributed by atoms with E-state index in [1.807, 2.05) is 12.1 Å². The van der Waals surface area contributed by atoms with Crippen LogP contribution in [-0.2, 0) is 0 Å². The zero-order valence-corrected chi connectivity index (χ0v) is 6.37. The number of nitrogens with one attached hydrogen (secondary N) is 1. The van der Waals surface area contributed by atoms with Crippen molar-refractivity contribution < 1.29 is 4.74 Å². The summed E-state index contributed by atoms with van der Waals surface area (Å²) in [6.45, 7) is 0.